The Labute approximate surface area is 177 Å². The van der Waals surface area contributed by atoms with E-state index < -0.39 is 0 Å². The molecule has 2 aromatic carbocycles. The molecule has 7 heteroatoms. The van der Waals surface area contributed by atoms with E-state index in [-0.39, 0.29) is 5.91 Å². The molecule has 0 saturated carbocycles. The molecule has 0 atom stereocenters. The number of fused-ring (bicyclic) bond motifs is 1. The number of amides is 1. The van der Waals surface area contributed by atoms with Crippen LogP contribution in [0.5, 0.6) is 28.7 Å². The molecule has 7 nitrogen and oxygen atoms in total. The maximum Gasteiger partial charge on any atom is 0.223 e. The normalized spacial score (nSPS) is 12.8. The second-order valence-corrected chi connectivity index (χ2v) is 7.07. The number of methoxy groups -OCH3 is 5. The molecule has 0 bridgehead atoms. The topological polar surface area (TPSA) is 66.5 Å². The van der Waals surface area contributed by atoms with Crippen LogP contribution in [0.2, 0.25) is 0 Å². The third kappa shape index (κ3) is 4.40. The van der Waals surface area contributed by atoms with Crippen LogP contribution in [0.25, 0.3) is 0 Å². The van der Waals surface area contributed by atoms with Gasteiger partial charge in [-0.2, -0.15) is 0 Å². The second-order valence-electron chi connectivity index (χ2n) is 7.07. The number of hydrogen-bond acceptors (Lipinski definition) is 6. The van der Waals surface area contributed by atoms with Crippen molar-refractivity contribution in [2.75, 3.05) is 42.1 Å². The highest BCUT2D eigenvalue weighted by Gasteiger charge is 2.23. The van der Waals surface area contributed by atoms with Gasteiger partial charge >= 0.3 is 0 Å². The zero-order valence-corrected chi connectivity index (χ0v) is 18.2. The lowest BCUT2D eigenvalue weighted by Crippen LogP contribution is -2.36. The van der Waals surface area contributed by atoms with Crippen molar-refractivity contribution in [2.24, 2.45) is 0 Å². The molecule has 0 spiro atoms. The first-order valence-corrected chi connectivity index (χ1v) is 9.85. The first kappa shape index (κ1) is 21.6. The highest BCUT2D eigenvalue weighted by atomic mass is 16.5. The molecular weight excluding hydrogens is 386 g/mol. The molecule has 1 amide bonds. The van der Waals surface area contributed by atoms with E-state index in [1.54, 1.807) is 35.5 Å². The Morgan fingerprint density at radius 3 is 1.90 bits per heavy atom. The standard InChI is InChI=1S/C23H29NO6/c1-26-18-12-16-8-9-24(14-17(16)13-19(18)27-2)22(25)7-6-15-10-20(28-3)23(30-5)21(11-15)29-4/h10-13H,6-9,14H2,1-5H3. The summed E-state index contributed by atoms with van der Waals surface area (Å²) in [5.41, 5.74) is 3.25. The van der Waals surface area contributed by atoms with Gasteiger partial charge in [0.25, 0.3) is 0 Å². The van der Waals surface area contributed by atoms with Gasteiger partial charge in [-0.25, -0.2) is 0 Å². The van der Waals surface area contributed by atoms with E-state index in [1.165, 1.54) is 5.56 Å². The minimum atomic E-state index is 0.115. The van der Waals surface area contributed by atoms with E-state index >= 15 is 0 Å². The van der Waals surface area contributed by atoms with Gasteiger partial charge in [-0.1, -0.05) is 0 Å². The molecule has 1 heterocycles. The molecule has 162 valence electrons. The average Bonchev–Trinajstić information content (AvgIpc) is 2.80. The number of carbonyl (C=O) groups is 1. The summed E-state index contributed by atoms with van der Waals surface area (Å²) in [5.74, 6) is 3.25. The van der Waals surface area contributed by atoms with Gasteiger partial charge < -0.3 is 28.6 Å². The van der Waals surface area contributed by atoms with Gasteiger partial charge in [0.15, 0.2) is 23.0 Å². The van der Waals surface area contributed by atoms with Crippen LogP contribution in [0, 0.1) is 0 Å². The van der Waals surface area contributed by atoms with E-state index in [9.17, 15) is 4.79 Å². The first-order valence-electron chi connectivity index (χ1n) is 9.85. The fourth-order valence-electron chi connectivity index (χ4n) is 3.79. The lowest BCUT2D eigenvalue weighted by Gasteiger charge is -2.29. The Morgan fingerprint density at radius 2 is 1.37 bits per heavy atom. The molecule has 3 rings (SSSR count). The number of carbonyl (C=O) groups excluding carboxylic acids is 1. The largest absolute Gasteiger partial charge is 0.493 e. The van der Waals surface area contributed by atoms with Crippen LogP contribution in [0.15, 0.2) is 24.3 Å². The van der Waals surface area contributed by atoms with Crippen LogP contribution in [0.4, 0.5) is 0 Å². The van der Waals surface area contributed by atoms with E-state index in [4.69, 9.17) is 23.7 Å². The summed E-state index contributed by atoms with van der Waals surface area (Å²) in [5, 5.41) is 0. The van der Waals surface area contributed by atoms with Gasteiger partial charge in [-0.3, -0.25) is 4.79 Å². The minimum absolute atomic E-state index is 0.115. The average molecular weight is 415 g/mol. The smallest absolute Gasteiger partial charge is 0.223 e. The molecule has 1 aliphatic heterocycles. The summed E-state index contributed by atoms with van der Waals surface area (Å²) >= 11 is 0. The van der Waals surface area contributed by atoms with Crippen LogP contribution in [0.3, 0.4) is 0 Å². The summed E-state index contributed by atoms with van der Waals surface area (Å²) < 4.78 is 26.9. The molecular formula is C23H29NO6. The maximum absolute atomic E-state index is 12.9. The highest BCUT2D eigenvalue weighted by Crippen LogP contribution is 2.38. The SMILES string of the molecule is COc1cc2c(cc1OC)CN(C(=O)CCc1cc(OC)c(OC)c(OC)c1)CC2. The van der Waals surface area contributed by atoms with E-state index in [1.807, 2.05) is 29.2 Å². The Bertz CT molecular complexity index is 886. The predicted octanol–water partition coefficient (Wildman–Crippen LogP) is 3.25. The summed E-state index contributed by atoms with van der Waals surface area (Å²) in [4.78, 5) is 14.8. The van der Waals surface area contributed by atoms with Gasteiger partial charge in [-0.15, -0.1) is 0 Å². The fraction of sp³-hybridized carbons (Fsp3) is 0.435. The summed E-state index contributed by atoms with van der Waals surface area (Å²) in [6.07, 6.45) is 1.79. The zero-order chi connectivity index (χ0) is 21.7. The van der Waals surface area contributed by atoms with Gasteiger partial charge in [-0.05, 0) is 53.8 Å². The lowest BCUT2D eigenvalue weighted by atomic mass is 9.98. The molecule has 0 saturated heterocycles. The zero-order valence-electron chi connectivity index (χ0n) is 18.2. The number of rotatable bonds is 8. The third-order valence-corrected chi connectivity index (χ3v) is 5.42. The van der Waals surface area contributed by atoms with Crippen molar-refractivity contribution in [1.82, 2.24) is 4.90 Å². The summed E-state index contributed by atoms with van der Waals surface area (Å²) in [7, 11) is 7.99. The van der Waals surface area contributed by atoms with Crippen molar-refractivity contribution < 1.29 is 28.5 Å². The predicted molar refractivity (Wildman–Crippen MR) is 113 cm³/mol. The molecule has 30 heavy (non-hydrogen) atoms. The Kier molecular flexibility index (Phi) is 6.92. The number of benzene rings is 2. The number of ether oxygens (including phenoxy) is 5. The number of nitrogens with zero attached hydrogens (tertiary/aromatic N) is 1. The lowest BCUT2D eigenvalue weighted by molar-refractivity contribution is -0.132. The van der Waals surface area contributed by atoms with Crippen molar-refractivity contribution in [3.05, 3.63) is 41.0 Å². The van der Waals surface area contributed by atoms with Crippen molar-refractivity contribution >= 4 is 5.91 Å². The van der Waals surface area contributed by atoms with Gasteiger partial charge in [0.1, 0.15) is 0 Å². The van der Waals surface area contributed by atoms with E-state index in [2.05, 4.69) is 0 Å². The van der Waals surface area contributed by atoms with Gasteiger partial charge in [0.2, 0.25) is 11.7 Å². The first-order chi connectivity index (χ1) is 14.5. The number of aryl methyl sites for hydroxylation is 1. The van der Waals surface area contributed by atoms with Crippen LogP contribution in [0.1, 0.15) is 23.1 Å². The summed E-state index contributed by atoms with van der Waals surface area (Å²) in [6.45, 7) is 1.26. The number of hydrogen-bond donors (Lipinski definition) is 0. The van der Waals surface area contributed by atoms with Crippen LogP contribution in [-0.4, -0.2) is 52.9 Å². The molecule has 0 unspecified atom stereocenters. The van der Waals surface area contributed by atoms with E-state index in [0.717, 1.165) is 23.3 Å². The van der Waals surface area contributed by atoms with Crippen molar-refractivity contribution in [2.45, 2.75) is 25.8 Å². The van der Waals surface area contributed by atoms with Gasteiger partial charge in [0.05, 0.1) is 35.5 Å². The molecule has 0 radical (unpaired) electrons. The molecule has 2 aromatic rings. The molecule has 1 aliphatic rings. The molecule has 0 aliphatic carbocycles. The minimum Gasteiger partial charge on any atom is -0.493 e. The molecule has 0 aromatic heterocycles. The highest BCUT2D eigenvalue weighted by molar-refractivity contribution is 5.77. The molecule has 0 N–H and O–H groups in total. The Hall–Kier alpha value is -3.09. The quantitative estimate of drug-likeness (QED) is 0.659. The van der Waals surface area contributed by atoms with Crippen molar-refractivity contribution in [3.8, 4) is 28.7 Å². The fourth-order valence-corrected chi connectivity index (χ4v) is 3.79. The molecule has 0 fully saturated rings. The maximum atomic E-state index is 12.9. The van der Waals surface area contributed by atoms with Crippen LogP contribution >= 0.6 is 0 Å². The second kappa shape index (κ2) is 9.61. The van der Waals surface area contributed by atoms with Gasteiger partial charge in [0, 0.05) is 19.5 Å². The summed E-state index contributed by atoms with van der Waals surface area (Å²) in [6, 6.07) is 7.74. The van der Waals surface area contributed by atoms with Crippen LogP contribution < -0.4 is 23.7 Å². The van der Waals surface area contributed by atoms with Crippen LogP contribution in [-0.2, 0) is 24.2 Å². The Morgan fingerprint density at radius 1 is 0.800 bits per heavy atom. The third-order valence-electron chi connectivity index (χ3n) is 5.42. The van der Waals surface area contributed by atoms with Crippen molar-refractivity contribution in [1.29, 1.82) is 0 Å². The van der Waals surface area contributed by atoms with E-state index in [0.29, 0.717) is 48.9 Å². The monoisotopic (exact) mass is 415 g/mol. The Balaban J connectivity index is 1.69. The van der Waals surface area contributed by atoms with Crippen molar-refractivity contribution in [3.63, 3.8) is 0 Å².